The van der Waals surface area contributed by atoms with Crippen LogP contribution in [0.5, 0.6) is 0 Å². The molecule has 0 aromatic carbocycles. The Balaban J connectivity index is 1.64. The summed E-state index contributed by atoms with van der Waals surface area (Å²) >= 11 is 0. The number of nitrogens with two attached hydrogens (primary N) is 1. The Morgan fingerprint density at radius 2 is 1.94 bits per heavy atom. The third-order valence-electron chi connectivity index (χ3n) is 4.29. The summed E-state index contributed by atoms with van der Waals surface area (Å²) in [7, 11) is 0. The van der Waals surface area contributed by atoms with Crippen LogP contribution in [-0.2, 0) is 4.74 Å². The quantitative estimate of drug-likeness (QED) is 0.747. The van der Waals surface area contributed by atoms with Gasteiger partial charge in [-0.2, -0.15) is 0 Å². The molecule has 1 aliphatic heterocycles. The van der Waals surface area contributed by atoms with Gasteiger partial charge in [0.15, 0.2) is 0 Å². The number of ether oxygens (including phenoxy) is 1. The van der Waals surface area contributed by atoms with Gasteiger partial charge < -0.3 is 15.8 Å². The highest BCUT2D eigenvalue weighted by Gasteiger charge is 2.20. The van der Waals surface area contributed by atoms with Crippen molar-refractivity contribution in [3.05, 3.63) is 0 Å². The third-order valence-corrected chi connectivity index (χ3v) is 4.29. The molecule has 1 heterocycles. The van der Waals surface area contributed by atoms with Crippen molar-refractivity contribution in [2.45, 2.75) is 63.5 Å². The fourth-order valence-electron chi connectivity index (χ4n) is 3.19. The highest BCUT2D eigenvalue weighted by Crippen LogP contribution is 2.27. The molecule has 1 aliphatic carbocycles. The van der Waals surface area contributed by atoms with Gasteiger partial charge in [0.05, 0.1) is 6.10 Å². The molecule has 0 radical (unpaired) electrons. The number of rotatable bonds is 6. The van der Waals surface area contributed by atoms with Gasteiger partial charge in [0.2, 0.25) is 0 Å². The zero-order valence-electron chi connectivity index (χ0n) is 11.0. The molecular formula is C14H28N2O. The van der Waals surface area contributed by atoms with Gasteiger partial charge in [-0.1, -0.05) is 32.1 Å². The van der Waals surface area contributed by atoms with Crippen LogP contribution in [0.4, 0.5) is 0 Å². The van der Waals surface area contributed by atoms with E-state index >= 15 is 0 Å². The van der Waals surface area contributed by atoms with Gasteiger partial charge in [0.25, 0.3) is 0 Å². The van der Waals surface area contributed by atoms with Crippen LogP contribution in [0.15, 0.2) is 0 Å². The first kappa shape index (κ1) is 13.3. The molecule has 17 heavy (non-hydrogen) atoms. The molecule has 3 nitrogen and oxygen atoms in total. The van der Waals surface area contributed by atoms with Gasteiger partial charge in [-0.05, 0) is 25.2 Å². The molecule has 2 unspecified atom stereocenters. The van der Waals surface area contributed by atoms with Gasteiger partial charge in [-0.3, -0.25) is 0 Å². The molecule has 0 aromatic heterocycles. The second-order valence-corrected chi connectivity index (χ2v) is 5.72. The van der Waals surface area contributed by atoms with E-state index in [-0.39, 0.29) is 0 Å². The van der Waals surface area contributed by atoms with E-state index in [1.54, 1.807) is 0 Å². The molecule has 3 N–H and O–H groups in total. The van der Waals surface area contributed by atoms with Crippen LogP contribution in [0.1, 0.15) is 51.4 Å². The maximum Gasteiger partial charge on any atom is 0.0700 e. The average molecular weight is 240 g/mol. The lowest BCUT2D eigenvalue weighted by Gasteiger charge is -2.27. The van der Waals surface area contributed by atoms with Crippen LogP contribution in [0.25, 0.3) is 0 Å². The summed E-state index contributed by atoms with van der Waals surface area (Å²) in [6.07, 6.45) is 11.3. The second-order valence-electron chi connectivity index (χ2n) is 5.72. The van der Waals surface area contributed by atoms with E-state index in [1.807, 2.05) is 0 Å². The molecule has 2 fully saturated rings. The van der Waals surface area contributed by atoms with Crippen molar-refractivity contribution in [3.63, 3.8) is 0 Å². The molecule has 1 saturated heterocycles. The van der Waals surface area contributed by atoms with E-state index in [2.05, 4.69) is 5.32 Å². The Kier molecular flexibility index (Phi) is 5.75. The lowest BCUT2D eigenvalue weighted by Crippen LogP contribution is -2.41. The Morgan fingerprint density at radius 1 is 1.12 bits per heavy atom. The summed E-state index contributed by atoms with van der Waals surface area (Å²) in [5.74, 6) is 0.911. The van der Waals surface area contributed by atoms with E-state index in [0.29, 0.717) is 12.1 Å². The summed E-state index contributed by atoms with van der Waals surface area (Å²) in [6, 6.07) is 0.502. The average Bonchev–Trinajstić information content (AvgIpc) is 2.89. The number of nitrogens with one attached hydrogen (secondary N) is 1. The van der Waals surface area contributed by atoms with Crippen molar-refractivity contribution in [1.82, 2.24) is 5.32 Å². The minimum Gasteiger partial charge on any atom is -0.377 e. The van der Waals surface area contributed by atoms with E-state index < -0.39 is 0 Å². The maximum absolute atomic E-state index is 5.87. The van der Waals surface area contributed by atoms with Crippen LogP contribution in [-0.4, -0.2) is 31.8 Å². The van der Waals surface area contributed by atoms with Crippen LogP contribution in [0.2, 0.25) is 0 Å². The molecular weight excluding hydrogens is 212 g/mol. The van der Waals surface area contributed by atoms with Gasteiger partial charge in [-0.25, -0.2) is 0 Å². The molecule has 2 atom stereocenters. The monoisotopic (exact) mass is 240 g/mol. The fourth-order valence-corrected chi connectivity index (χ4v) is 3.19. The summed E-state index contributed by atoms with van der Waals surface area (Å²) in [4.78, 5) is 0. The Morgan fingerprint density at radius 3 is 2.59 bits per heavy atom. The van der Waals surface area contributed by atoms with Crippen LogP contribution < -0.4 is 11.1 Å². The first-order valence-corrected chi connectivity index (χ1v) is 7.43. The Hall–Kier alpha value is -0.120. The molecule has 3 heteroatoms. The van der Waals surface area contributed by atoms with Crippen molar-refractivity contribution >= 4 is 0 Å². The van der Waals surface area contributed by atoms with Gasteiger partial charge >= 0.3 is 0 Å². The van der Waals surface area contributed by atoms with Crippen LogP contribution in [0.3, 0.4) is 0 Å². The molecule has 100 valence electrons. The highest BCUT2D eigenvalue weighted by molar-refractivity contribution is 4.77. The van der Waals surface area contributed by atoms with Crippen molar-refractivity contribution in [2.75, 3.05) is 19.7 Å². The minimum atomic E-state index is 0.440. The molecule has 2 rings (SSSR count). The van der Waals surface area contributed by atoms with Crippen molar-refractivity contribution in [2.24, 2.45) is 11.7 Å². The molecule has 0 amide bonds. The topological polar surface area (TPSA) is 47.3 Å². The molecule has 2 aliphatic rings. The van der Waals surface area contributed by atoms with Crippen molar-refractivity contribution in [3.8, 4) is 0 Å². The van der Waals surface area contributed by atoms with Gasteiger partial charge in [-0.15, -0.1) is 0 Å². The van der Waals surface area contributed by atoms with E-state index in [9.17, 15) is 0 Å². The summed E-state index contributed by atoms with van der Waals surface area (Å²) < 4.78 is 5.63. The van der Waals surface area contributed by atoms with E-state index in [4.69, 9.17) is 10.5 Å². The first-order chi connectivity index (χ1) is 8.38. The van der Waals surface area contributed by atoms with E-state index in [1.165, 1.54) is 51.4 Å². The van der Waals surface area contributed by atoms with Crippen LogP contribution >= 0.6 is 0 Å². The number of hydrogen-bond acceptors (Lipinski definition) is 3. The molecule has 0 bridgehead atoms. The predicted octanol–water partition coefficient (Wildman–Crippen LogP) is 2.05. The Labute approximate surface area is 105 Å². The van der Waals surface area contributed by atoms with Crippen molar-refractivity contribution < 1.29 is 4.74 Å². The maximum atomic E-state index is 5.87. The smallest absolute Gasteiger partial charge is 0.0700 e. The lowest BCUT2D eigenvalue weighted by atomic mass is 9.85. The predicted molar refractivity (Wildman–Crippen MR) is 71.0 cm³/mol. The van der Waals surface area contributed by atoms with E-state index in [0.717, 1.165) is 25.6 Å². The van der Waals surface area contributed by atoms with Gasteiger partial charge in [0, 0.05) is 25.7 Å². The second kappa shape index (κ2) is 7.34. The van der Waals surface area contributed by atoms with Gasteiger partial charge in [0.1, 0.15) is 0 Å². The normalized spacial score (nSPS) is 28.4. The number of hydrogen-bond donors (Lipinski definition) is 2. The van der Waals surface area contributed by atoms with Crippen LogP contribution in [0, 0.1) is 5.92 Å². The summed E-state index contributed by atoms with van der Waals surface area (Å²) in [5, 5.41) is 3.61. The fraction of sp³-hybridized carbons (Fsp3) is 1.00. The SMILES string of the molecule is NCC(CC1CCCCC1)NCC1CCCO1. The largest absolute Gasteiger partial charge is 0.377 e. The van der Waals surface area contributed by atoms with Crippen molar-refractivity contribution in [1.29, 1.82) is 0 Å². The first-order valence-electron chi connectivity index (χ1n) is 7.43. The molecule has 1 saturated carbocycles. The Bertz CT molecular complexity index is 198. The zero-order valence-corrected chi connectivity index (χ0v) is 11.0. The minimum absolute atomic E-state index is 0.440. The third kappa shape index (κ3) is 4.57. The lowest BCUT2D eigenvalue weighted by molar-refractivity contribution is 0.106. The summed E-state index contributed by atoms with van der Waals surface area (Å²) in [5.41, 5.74) is 5.87. The summed E-state index contributed by atoms with van der Waals surface area (Å²) in [6.45, 7) is 2.71. The molecule has 0 spiro atoms. The standard InChI is InChI=1S/C14H28N2O/c15-10-13(9-12-5-2-1-3-6-12)16-11-14-7-4-8-17-14/h12-14,16H,1-11,15H2. The zero-order chi connectivity index (χ0) is 11.9. The highest BCUT2D eigenvalue weighted by atomic mass is 16.5. The molecule has 0 aromatic rings.